The van der Waals surface area contributed by atoms with Crippen LogP contribution in [0.3, 0.4) is 0 Å². The van der Waals surface area contributed by atoms with Gasteiger partial charge < -0.3 is 15.5 Å². The average molecular weight is 307 g/mol. The minimum Gasteiger partial charge on any atom is -0.504 e. The lowest BCUT2D eigenvalue weighted by molar-refractivity contribution is -0.119. The minimum atomic E-state index is -0.845. The second-order valence-electron chi connectivity index (χ2n) is 5.04. The normalized spacial score (nSPS) is 12.0. The standard InChI is InChI=1S/C16H15F2NO3/c1-9(6-10-2-5-14(20)15(21)7-10)16(22)19-13-4-3-11(17)8-12(13)18/h2-5,7-9,20-21H,6H2,1H3,(H,19,22). The predicted molar refractivity (Wildman–Crippen MR) is 77.6 cm³/mol. The number of hydrogen-bond donors (Lipinski definition) is 3. The largest absolute Gasteiger partial charge is 0.504 e. The second kappa shape index (κ2) is 6.43. The molecular formula is C16H15F2NO3. The zero-order chi connectivity index (χ0) is 16.3. The van der Waals surface area contributed by atoms with E-state index in [2.05, 4.69) is 5.32 Å². The van der Waals surface area contributed by atoms with E-state index < -0.39 is 23.5 Å². The zero-order valence-corrected chi connectivity index (χ0v) is 11.8. The first-order valence-corrected chi connectivity index (χ1v) is 6.63. The smallest absolute Gasteiger partial charge is 0.227 e. The van der Waals surface area contributed by atoms with Crippen LogP contribution in [-0.2, 0) is 11.2 Å². The summed E-state index contributed by atoms with van der Waals surface area (Å²) in [6, 6.07) is 7.17. The van der Waals surface area contributed by atoms with Gasteiger partial charge in [0.15, 0.2) is 11.5 Å². The summed E-state index contributed by atoms with van der Waals surface area (Å²) >= 11 is 0. The SMILES string of the molecule is CC(Cc1ccc(O)c(O)c1)C(=O)Nc1ccc(F)cc1F. The summed E-state index contributed by atoms with van der Waals surface area (Å²) in [6.07, 6.45) is 0.294. The van der Waals surface area contributed by atoms with Gasteiger partial charge in [0.05, 0.1) is 5.69 Å². The molecule has 0 saturated carbocycles. The van der Waals surface area contributed by atoms with Crippen molar-refractivity contribution in [2.24, 2.45) is 5.92 Å². The van der Waals surface area contributed by atoms with Gasteiger partial charge in [-0.05, 0) is 36.2 Å². The Hall–Kier alpha value is -2.63. The van der Waals surface area contributed by atoms with Crippen LogP contribution in [0.25, 0.3) is 0 Å². The molecule has 116 valence electrons. The average Bonchev–Trinajstić information content (AvgIpc) is 2.45. The van der Waals surface area contributed by atoms with E-state index >= 15 is 0 Å². The van der Waals surface area contributed by atoms with Gasteiger partial charge >= 0.3 is 0 Å². The Balaban J connectivity index is 2.04. The number of nitrogens with one attached hydrogen (secondary N) is 1. The number of hydrogen-bond acceptors (Lipinski definition) is 3. The summed E-state index contributed by atoms with van der Waals surface area (Å²) in [5.41, 5.74) is 0.560. The van der Waals surface area contributed by atoms with Crippen molar-refractivity contribution in [2.45, 2.75) is 13.3 Å². The van der Waals surface area contributed by atoms with Crippen LogP contribution in [0.2, 0.25) is 0 Å². The van der Waals surface area contributed by atoms with Gasteiger partial charge in [0.2, 0.25) is 5.91 Å². The number of carbonyl (C=O) groups is 1. The number of aromatic hydroxyl groups is 2. The number of carbonyl (C=O) groups excluding carboxylic acids is 1. The van der Waals surface area contributed by atoms with Gasteiger partial charge in [0.1, 0.15) is 11.6 Å². The van der Waals surface area contributed by atoms with Crippen molar-refractivity contribution in [3.05, 3.63) is 53.6 Å². The molecule has 1 amide bonds. The van der Waals surface area contributed by atoms with Crippen molar-refractivity contribution in [2.75, 3.05) is 5.32 Å². The van der Waals surface area contributed by atoms with Gasteiger partial charge in [-0.25, -0.2) is 8.78 Å². The Morgan fingerprint density at radius 3 is 2.50 bits per heavy atom. The first kappa shape index (κ1) is 15.8. The molecule has 2 rings (SSSR count). The van der Waals surface area contributed by atoms with E-state index in [0.29, 0.717) is 18.1 Å². The molecule has 0 aliphatic heterocycles. The van der Waals surface area contributed by atoms with Gasteiger partial charge in [-0.15, -0.1) is 0 Å². The van der Waals surface area contributed by atoms with Crippen LogP contribution < -0.4 is 5.32 Å². The molecule has 0 aliphatic rings. The highest BCUT2D eigenvalue weighted by Gasteiger charge is 2.16. The Morgan fingerprint density at radius 2 is 1.86 bits per heavy atom. The van der Waals surface area contributed by atoms with E-state index in [1.807, 2.05) is 0 Å². The Kier molecular flexibility index (Phi) is 4.60. The van der Waals surface area contributed by atoms with E-state index in [9.17, 15) is 23.8 Å². The number of phenols is 2. The molecule has 2 aromatic carbocycles. The second-order valence-corrected chi connectivity index (χ2v) is 5.04. The molecule has 22 heavy (non-hydrogen) atoms. The van der Waals surface area contributed by atoms with Gasteiger partial charge in [-0.1, -0.05) is 13.0 Å². The maximum atomic E-state index is 13.5. The fourth-order valence-corrected chi connectivity index (χ4v) is 1.99. The summed E-state index contributed by atoms with van der Waals surface area (Å²) < 4.78 is 26.3. The zero-order valence-electron chi connectivity index (χ0n) is 11.8. The van der Waals surface area contributed by atoms with E-state index in [1.54, 1.807) is 13.0 Å². The molecule has 0 spiro atoms. The third kappa shape index (κ3) is 3.72. The maximum absolute atomic E-state index is 13.5. The number of halogens is 2. The molecule has 4 nitrogen and oxygen atoms in total. The predicted octanol–water partition coefficient (Wildman–Crippen LogP) is 3.19. The van der Waals surface area contributed by atoms with Crippen LogP contribution in [0.1, 0.15) is 12.5 Å². The summed E-state index contributed by atoms with van der Waals surface area (Å²) in [6.45, 7) is 1.64. The third-order valence-corrected chi connectivity index (χ3v) is 3.22. The van der Waals surface area contributed by atoms with Gasteiger partial charge in [-0.2, -0.15) is 0 Å². The van der Waals surface area contributed by atoms with Crippen molar-refractivity contribution in [1.82, 2.24) is 0 Å². The molecule has 1 atom stereocenters. The lowest BCUT2D eigenvalue weighted by Gasteiger charge is -2.13. The van der Waals surface area contributed by atoms with Crippen molar-refractivity contribution in [3.63, 3.8) is 0 Å². The molecule has 1 unspecified atom stereocenters. The van der Waals surface area contributed by atoms with Crippen LogP contribution in [-0.4, -0.2) is 16.1 Å². The van der Waals surface area contributed by atoms with Crippen molar-refractivity contribution in [3.8, 4) is 11.5 Å². The van der Waals surface area contributed by atoms with E-state index in [0.717, 1.165) is 12.1 Å². The Labute approximate surface area is 126 Å². The lowest BCUT2D eigenvalue weighted by Crippen LogP contribution is -2.22. The first-order valence-electron chi connectivity index (χ1n) is 6.63. The summed E-state index contributed by atoms with van der Waals surface area (Å²) in [5.74, 6) is -3.01. The van der Waals surface area contributed by atoms with E-state index in [4.69, 9.17) is 0 Å². The van der Waals surface area contributed by atoms with Crippen LogP contribution in [0.4, 0.5) is 14.5 Å². The van der Waals surface area contributed by atoms with Crippen molar-refractivity contribution in [1.29, 1.82) is 0 Å². The van der Waals surface area contributed by atoms with Crippen molar-refractivity contribution >= 4 is 11.6 Å². The van der Waals surface area contributed by atoms with Crippen LogP contribution >= 0.6 is 0 Å². The highest BCUT2D eigenvalue weighted by Crippen LogP contribution is 2.26. The molecule has 0 radical (unpaired) electrons. The highest BCUT2D eigenvalue weighted by atomic mass is 19.1. The lowest BCUT2D eigenvalue weighted by atomic mass is 10.00. The number of rotatable bonds is 4. The van der Waals surface area contributed by atoms with Crippen molar-refractivity contribution < 1.29 is 23.8 Å². The quantitative estimate of drug-likeness (QED) is 0.760. The third-order valence-electron chi connectivity index (χ3n) is 3.22. The molecular weight excluding hydrogens is 292 g/mol. The summed E-state index contributed by atoms with van der Waals surface area (Å²) in [5, 5.41) is 21.0. The van der Waals surface area contributed by atoms with E-state index in [-0.39, 0.29) is 17.2 Å². The first-order chi connectivity index (χ1) is 10.4. The monoisotopic (exact) mass is 307 g/mol. The summed E-state index contributed by atoms with van der Waals surface area (Å²) in [7, 11) is 0. The summed E-state index contributed by atoms with van der Waals surface area (Å²) in [4.78, 5) is 12.0. The van der Waals surface area contributed by atoms with Gasteiger partial charge in [-0.3, -0.25) is 4.79 Å². The molecule has 0 heterocycles. The molecule has 0 saturated heterocycles. The molecule has 2 aromatic rings. The van der Waals surface area contributed by atoms with Crippen LogP contribution in [0.15, 0.2) is 36.4 Å². The molecule has 0 aromatic heterocycles. The fraction of sp³-hybridized carbons (Fsp3) is 0.188. The molecule has 0 aliphatic carbocycles. The Bertz CT molecular complexity index is 704. The topological polar surface area (TPSA) is 69.6 Å². The van der Waals surface area contributed by atoms with E-state index in [1.165, 1.54) is 12.1 Å². The Morgan fingerprint density at radius 1 is 1.14 bits per heavy atom. The molecule has 0 bridgehead atoms. The maximum Gasteiger partial charge on any atom is 0.227 e. The van der Waals surface area contributed by atoms with Crippen LogP contribution in [0.5, 0.6) is 11.5 Å². The minimum absolute atomic E-state index is 0.0909. The molecule has 0 fully saturated rings. The van der Waals surface area contributed by atoms with Gasteiger partial charge in [0.25, 0.3) is 0 Å². The molecule has 6 heteroatoms. The highest BCUT2D eigenvalue weighted by molar-refractivity contribution is 5.92. The number of anilines is 1. The molecule has 3 N–H and O–H groups in total. The van der Waals surface area contributed by atoms with Gasteiger partial charge in [0, 0.05) is 12.0 Å². The number of phenolic OH excluding ortho intramolecular Hbond substituents is 2. The van der Waals surface area contributed by atoms with Crippen LogP contribution in [0, 0.1) is 17.6 Å². The fourth-order valence-electron chi connectivity index (χ4n) is 1.99. The number of amides is 1. The number of benzene rings is 2.